The van der Waals surface area contributed by atoms with Gasteiger partial charge in [-0.05, 0) is 31.4 Å². The van der Waals surface area contributed by atoms with E-state index in [9.17, 15) is 9.18 Å². The first-order valence-corrected chi connectivity index (χ1v) is 10.1. The van der Waals surface area contributed by atoms with Crippen LogP contribution in [0.15, 0.2) is 58.0 Å². The van der Waals surface area contributed by atoms with Crippen LogP contribution in [-0.4, -0.2) is 27.8 Å². The predicted octanol–water partition coefficient (Wildman–Crippen LogP) is 4.38. The minimum atomic E-state index is -0.380. The van der Waals surface area contributed by atoms with Crippen molar-refractivity contribution in [1.29, 1.82) is 0 Å². The molecule has 7 heteroatoms. The fourth-order valence-electron chi connectivity index (χ4n) is 4.06. The Bertz CT molecular complexity index is 1270. The monoisotopic (exact) mass is 404 g/mol. The molecule has 1 fully saturated rings. The number of aryl methyl sites for hydroxylation is 1. The Morgan fingerprint density at radius 3 is 2.60 bits per heavy atom. The molecule has 0 radical (unpaired) electrons. The van der Waals surface area contributed by atoms with Crippen molar-refractivity contribution in [2.45, 2.75) is 19.3 Å². The van der Waals surface area contributed by atoms with Crippen LogP contribution in [0.1, 0.15) is 19.3 Å². The SMILES string of the molecule is Cn1cc(-c2nc(-c3ccccc3)no2)c(=O)c2cc(F)c(N3CCCCC3)cc21. The van der Waals surface area contributed by atoms with E-state index in [0.717, 1.165) is 31.5 Å². The van der Waals surface area contributed by atoms with Crippen LogP contribution in [-0.2, 0) is 7.05 Å². The lowest BCUT2D eigenvalue weighted by molar-refractivity contribution is 0.432. The zero-order valence-corrected chi connectivity index (χ0v) is 16.6. The Hall–Kier alpha value is -3.48. The molecule has 2 aromatic carbocycles. The van der Waals surface area contributed by atoms with Gasteiger partial charge in [-0.2, -0.15) is 4.98 Å². The van der Waals surface area contributed by atoms with E-state index < -0.39 is 0 Å². The van der Waals surface area contributed by atoms with Crippen molar-refractivity contribution in [3.8, 4) is 22.8 Å². The first-order chi connectivity index (χ1) is 14.6. The highest BCUT2D eigenvalue weighted by molar-refractivity contribution is 5.86. The minimum absolute atomic E-state index is 0.122. The summed E-state index contributed by atoms with van der Waals surface area (Å²) in [6, 6.07) is 12.5. The van der Waals surface area contributed by atoms with E-state index in [0.29, 0.717) is 22.4 Å². The summed E-state index contributed by atoms with van der Waals surface area (Å²) in [5, 5.41) is 4.29. The molecule has 5 rings (SSSR count). The smallest absolute Gasteiger partial charge is 0.263 e. The van der Waals surface area contributed by atoms with Crippen molar-refractivity contribution in [2.24, 2.45) is 7.05 Å². The summed E-state index contributed by atoms with van der Waals surface area (Å²) >= 11 is 0. The average Bonchev–Trinajstić information content (AvgIpc) is 3.27. The summed E-state index contributed by atoms with van der Waals surface area (Å²) in [4.78, 5) is 19.6. The quantitative estimate of drug-likeness (QED) is 0.507. The maximum absolute atomic E-state index is 14.9. The molecule has 0 aliphatic carbocycles. The van der Waals surface area contributed by atoms with E-state index >= 15 is 0 Å². The molecule has 0 unspecified atom stereocenters. The van der Waals surface area contributed by atoms with Crippen molar-refractivity contribution in [1.82, 2.24) is 14.7 Å². The van der Waals surface area contributed by atoms with E-state index in [1.165, 1.54) is 12.5 Å². The Labute approximate surface area is 172 Å². The fourth-order valence-corrected chi connectivity index (χ4v) is 4.06. The van der Waals surface area contributed by atoms with Crippen molar-refractivity contribution in [2.75, 3.05) is 18.0 Å². The van der Waals surface area contributed by atoms with Crippen molar-refractivity contribution >= 4 is 16.6 Å². The standard InChI is InChI=1S/C23H21FN4O2/c1-27-14-17(23-25-22(26-30-23)15-8-4-2-5-9-15)21(29)16-12-18(24)20(13-19(16)27)28-10-6-3-7-11-28/h2,4-5,8-9,12-14H,3,6-7,10-11H2,1H3. The van der Waals surface area contributed by atoms with Crippen molar-refractivity contribution in [3.63, 3.8) is 0 Å². The molecule has 0 bridgehead atoms. The molecular formula is C23H21FN4O2. The number of aromatic nitrogens is 3. The Balaban J connectivity index is 1.60. The van der Waals surface area contributed by atoms with Gasteiger partial charge in [0.25, 0.3) is 5.89 Å². The molecule has 4 aromatic rings. The lowest BCUT2D eigenvalue weighted by Gasteiger charge is -2.29. The van der Waals surface area contributed by atoms with Crippen molar-refractivity contribution < 1.29 is 8.91 Å². The van der Waals surface area contributed by atoms with E-state index in [4.69, 9.17) is 4.52 Å². The van der Waals surface area contributed by atoms with E-state index in [-0.39, 0.29) is 22.7 Å². The molecule has 1 aliphatic heterocycles. The van der Waals surface area contributed by atoms with Crippen LogP contribution >= 0.6 is 0 Å². The van der Waals surface area contributed by atoms with Crippen LogP contribution in [0.25, 0.3) is 33.7 Å². The first kappa shape index (κ1) is 18.5. The van der Waals surface area contributed by atoms with Crippen LogP contribution in [0, 0.1) is 5.82 Å². The third-order valence-electron chi connectivity index (χ3n) is 5.64. The van der Waals surface area contributed by atoms with Gasteiger partial charge in [0, 0.05) is 37.3 Å². The fraction of sp³-hybridized carbons (Fsp3) is 0.261. The Morgan fingerprint density at radius 1 is 1.07 bits per heavy atom. The first-order valence-electron chi connectivity index (χ1n) is 10.1. The largest absolute Gasteiger partial charge is 0.369 e. The van der Waals surface area contributed by atoms with Gasteiger partial charge in [0.2, 0.25) is 11.3 Å². The molecule has 0 spiro atoms. The van der Waals surface area contributed by atoms with Gasteiger partial charge in [-0.15, -0.1) is 0 Å². The van der Waals surface area contributed by atoms with Gasteiger partial charge in [0.1, 0.15) is 11.4 Å². The molecule has 0 amide bonds. The lowest BCUT2D eigenvalue weighted by Crippen LogP contribution is -2.30. The van der Waals surface area contributed by atoms with Crippen LogP contribution in [0.3, 0.4) is 0 Å². The maximum Gasteiger partial charge on any atom is 0.263 e. The van der Waals surface area contributed by atoms with E-state index in [1.54, 1.807) is 12.3 Å². The van der Waals surface area contributed by atoms with Crippen LogP contribution in [0.2, 0.25) is 0 Å². The van der Waals surface area contributed by atoms with Gasteiger partial charge < -0.3 is 14.0 Å². The molecule has 1 aliphatic rings. The van der Waals surface area contributed by atoms with Crippen LogP contribution in [0.4, 0.5) is 10.1 Å². The van der Waals surface area contributed by atoms with Gasteiger partial charge >= 0.3 is 0 Å². The van der Waals surface area contributed by atoms with Gasteiger partial charge in [-0.25, -0.2) is 4.39 Å². The molecule has 1 saturated heterocycles. The Kier molecular flexibility index (Phi) is 4.58. The van der Waals surface area contributed by atoms with Crippen LogP contribution in [0.5, 0.6) is 0 Å². The number of anilines is 1. The topological polar surface area (TPSA) is 64.2 Å². The zero-order chi connectivity index (χ0) is 20.7. The number of benzene rings is 2. The highest BCUT2D eigenvalue weighted by atomic mass is 19.1. The second kappa shape index (κ2) is 7.40. The minimum Gasteiger partial charge on any atom is -0.369 e. The zero-order valence-electron chi connectivity index (χ0n) is 16.6. The summed E-state index contributed by atoms with van der Waals surface area (Å²) in [5.74, 6) is 0.144. The summed E-state index contributed by atoms with van der Waals surface area (Å²) in [5.41, 5.74) is 1.95. The van der Waals surface area contributed by atoms with Gasteiger partial charge in [0.15, 0.2) is 0 Å². The summed E-state index contributed by atoms with van der Waals surface area (Å²) in [7, 11) is 1.83. The summed E-state index contributed by atoms with van der Waals surface area (Å²) < 4.78 is 22.1. The van der Waals surface area contributed by atoms with Gasteiger partial charge in [0.05, 0.1) is 11.2 Å². The molecule has 0 N–H and O–H groups in total. The number of halogens is 1. The number of fused-ring (bicyclic) bond motifs is 1. The number of hydrogen-bond acceptors (Lipinski definition) is 5. The lowest BCUT2D eigenvalue weighted by atomic mass is 10.1. The maximum atomic E-state index is 14.9. The summed E-state index contributed by atoms with van der Waals surface area (Å²) in [6.07, 6.45) is 4.94. The molecular weight excluding hydrogens is 383 g/mol. The second-order valence-corrected chi connectivity index (χ2v) is 7.64. The predicted molar refractivity (Wildman–Crippen MR) is 114 cm³/mol. The third-order valence-corrected chi connectivity index (χ3v) is 5.64. The molecule has 30 heavy (non-hydrogen) atoms. The molecule has 3 heterocycles. The van der Waals surface area contributed by atoms with Gasteiger partial charge in [-0.3, -0.25) is 4.79 Å². The molecule has 6 nitrogen and oxygen atoms in total. The molecule has 152 valence electrons. The normalized spacial score (nSPS) is 14.4. The van der Waals surface area contributed by atoms with Crippen LogP contribution < -0.4 is 10.3 Å². The molecule has 2 aromatic heterocycles. The second-order valence-electron chi connectivity index (χ2n) is 7.64. The molecule has 0 saturated carbocycles. The number of nitrogens with zero attached hydrogens (tertiary/aromatic N) is 4. The molecule has 0 atom stereocenters. The number of rotatable bonds is 3. The summed E-state index contributed by atoms with van der Waals surface area (Å²) in [6.45, 7) is 1.66. The highest BCUT2D eigenvalue weighted by Crippen LogP contribution is 2.28. The number of pyridine rings is 1. The highest BCUT2D eigenvalue weighted by Gasteiger charge is 2.20. The van der Waals surface area contributed by atoms with E-state index in [2.05, 4.69) is 15.0 Å². The third kappa shape index (κ3) is 3.16. The van der Waals surface area contributed by atoms with E-state index in [1.807, 2.05) is 41.9 Å². The Morgan fingerprint density at radius 2 is 1.83 bits per heavy atom. The average molecular weight is 404 g/mol. The number of hydrogen-bond donors (Lipinski definition) is 0. The van der Waals surface area contributed by atoms with Crippen molar-refractivity contribution in [3.05, 3.63) is 64.7 Å². The van der Waals surface area contributed by atoms with Gasteiger partial charge in [-0.1, -0.05) is 35.5 Å². The number of piperidine rings is 1.